The number of methoxy groups -OCH3 is 1. The standard InChI is InChI=1S/C12H18FNO2/c1-4-16-8-12(2,14)9-5-6-11(15-3)10(13)7-9/h5-7H,4,8,14H2,1-3H3. The van der Waals surface area contributed by atoms with Gasteiger partial charge in [-0.25, -0.2) is 4.39 Å². The molecule has 0 saturated heterocycles. The van der Waals surface area contributed by atoms with E-state index in [0.29, 0.717) is 18.8 Å². The molecule has 4 heteroatoms. The van der Waals surface area contributed by atoms with Gasteiger partial charge < -0.3 is 15.2 Å². The van der Waals surface area contributed by atoms with E-state index in [2.05, 4.69) is 0 Å². The monoisotopic (exact) mass is 227 g/mol. The van der Waals surface area contributed by atoms with Crippen LogP contribution < -0.4 is 10.5 Å². The van der Waals surface area contributed by atoms with Crippen LogP contribution in [-0.2, 0) is 10.3 Å². The van der Waals surface area contributed by atoms with E-state index in [9.17, 15) is 4.39 Å². The molecular weight excluding hydrogens is 209 g/mol. The summed E-state index contributed by atoms with van der Waals surface area (Å²) in [6.45, 7) is 4.65. The maximum absolute atomic E-state index is 13.5. The van der Waals surface area contributed by atoms with Crippen molar-refractivity contribution in [1.29, 1.82) is 0 Å². The molecule has 1 atom stereocenters. The van der Waals surface area contributed by atoms with Crippen molar-refractivity contribution < 1.29 is 13.9 Å². The summed E-state index contributed by atoms with van der Waals surface area (Å²) in [7, 11) is 1.43. The molecule has 90 valence electrons. The number of nitrogens with two attached hydrogens (primary N) is 1. The Morgan fingerprint density at radius 2 is 2.12 bits per heavy atom. The molecule has 0 bridgehead atoms. The van der Waals surface area contributed by atoms with Crippen LogP contribution in [0.4, 0.5) is 4.39 Å². The number of rotatable bonds is 5. The van der Waals surface area contributed by atoms with E-state index in [1.54, 1.807) is 12.1 Å². The lowest BCUT2D eigenvalue weighted by molar-refractivity contribution is 0.101. The number of ether oxygens (including phenoxy) is 2. The van der Waals surface area contributed by atoms with Crippen LogP contribution in [0.5, 0.6) is 5.75 Å². The van der Waals surface area contributed by atoms with Crippen LogP contribution in [0.15, 0.2) is 18.2 Å². The molecule has 0 aliphatic carbocycles. The SMILES string of the molecule is CCOCC(C)(N)c1ccc(OC)c(F)c1. The molecule has 1 aromatic carbocycles. The normalized spacial score (nSPS) is 14.6. The minimum atomic E-state index is -0.691. The van der Waals surface area contributed by atoms with E-state index in [-0.39, 0.29) is 5.75 Å². The molecule has 0 radical (unpaired) electrons. The van der Waals surface area contributed by atoms with Crippen molar-refractivity contribution in [1.82, 2.24) is 0 Å². The molecule has 1 aromatic rings. The van der Waals surface area contributed by atoms with Crippen LogP contribution in [0.1, 0.15) is 19.4 Å². The van der Waals surface area contributed by atoms with E-state index in [1.165, 1.54) is 13.2 Å². The summed E-state index contributed by atoms with van der Waals surface area (Å²) in [5.41, 5.74) is 6.05. The fourth-order valence-corrected chi connectivity index (χ4v) is 1.42. The van der Waals surface area contributed by atoms with E-state index < -0.39 is 11.4 Å². The second-order valence-corrected chi connectivity index (χ2v) is 3.90. The minimum Gasteiger partial charge on any atom is -0.494 e. The van der Waals surface area contributed by atoms with Gasteiger partial charge in [-0.05, 0) is 31.5 Å². The molecule has 0 amide bonds. The van der Waals surface area contributed by atoms with E-state index >= 15 is 0 Å². The first-order valence-corrected chi connectivity index (χ1v) is 5.22. The largest absolute Gasteiger partial charge is 0.494 e. The van der Waals surface area contributed by atoms with E-state index in [0.717, 1.165) is 0 Å². The van der Waals surface area contributed by atoms with Crippen LogP contribution in [0.2, 0.25) is 0 Å². The zero-order valence-corrected chi connectivity index (χ0v) is 9.92. The third kappa shape index (κ3) is 2.93. The number of halogens is 1. The van der Waals surface area contributed by atoms with Crippen molar-refractivity contribution >= 4 is 0 Å². The number of hydrogen-bond acceptors (Lipinski definition) is 3. The first kappa shape index (κ1) is 12.9. The van der Waals surface area contributed by atoms with Gasteiger partial charge in [0.2, 0.25) is 0 Å². The van der Waals surface area contributed by atoms with E-state index in [4.69, 9.17) is 15.2 Å². The molecule has 0 aliphatic heterocycles. The van der Waals surface area contributed by atoms with Gasteiger partial charge in [0.15, 0.2) is 11.6 Å². The third-order valence-electron chi connectivity index (χ3n) is 2.42. The highest BCUT2D eigenvalue weighted by molar-refractivity contribution is 5.33. The molecule has 16 heavy (non-hydrogen) atoms. The highest BCUT2D eigenvalue weighted by Crippen LogP contribution is 2.24. The molecule has 0 fully saturated rings. The van der Waals surface area contributed by atoms with Gasteiger partial charge in [-0.3, -0.25) is 0 Å². The Labute approximate surface area is 95.4 Å². The summed E-state index contributed by atoms with van der Waals surface area (Å²) in [5.74, 6) is -0.191. The van der Waals surface area contributed by atoms with Gasteiger partial charge in [-0.2, -0.15) is 0 Å². The van der Waals surface area contributed by atoms with Gasteiger partial charge in [-0.1, -0.05) is 6.07 Å². The molecule has 0 saturated carbocycles. The summed E-state index contributed by atoms with van der Waals surface area (Å²) in [6.07, 6.45) is 0. The Kier molecular flexibility index (Phi) is 4.26. The van der Waals surface area contributed by atoms with Crippen LogP contribution in [0, 0.1) is 5.82 Å². The zero-order valence-electron chi connectivity index (χ0n) is 9.92. The van der Waals surface area contributed by atoms with Crippen LogP contribution in [0.25, 0.3) is 0 Å². The highest BCUT2D eigenvalue weighted by Gasteiger charge is 2.22. The van der Waals surface area contributed by atoms with Crippen molar-refractivity contribution in [2.45, 2.75) is 19.4 Å². The summed E-state index contributed by atoms with van der Waals surface area (Å²) in [5, 5.41) is 0. The number of hydrogen-bond donors (Lipinski definition) is 1. The van der Waals surface area contributed by atoms with Crippen LogP contribution >= 0.6 is 0 Å². The molecule has 0 aromatic heterocycles. The van der Waals surface area contributed by atoms with Crippen molar-refractivity contribution in [3.05, 3.63) is 29.6 Å². The Morgan fingerprint density at radius 1 is 1.44 bits per heavy atom. The average Bonchev–Trinajstić information content (AvgIpc) is 2.26. The van der Waals surface area contributed by atoms with Gasteiger partial charge in [0, 0.05) is 6.61 Å². The van der Waals surface area contributed by atoms with Gasteiger partial charge in [0.05, 0.1) is 19.3 Å². The lowest BCUT2D eigenvalue weighted by atomic mass is 9.94. The van der Waals surface area contributed by atoms with Gasteiger partial charge in [0.25, 0.3) is 0 Å². The Bertz CT molecular complexity index is 353. The molecule has 1 rings (SSSR count). The predicted octanol–water partition coefficient (Wildman–Crippen LogP) is 2.04. The summed E-state index contributed by atoms with van der Waals surface area (Å²) < 4.78 is 23.6. The minimum absolute atomic E-state index is 0.218. The second-order valence-electron chi connectivity index (χ2n) is 3.90. The number of benzene rings is 1. The summed E-state index contributed by atoms with van der Waals surface area (Å²) >= 11 is 0. The van der Waals surface area contributed by atoms with Crippen molar-refractivity contribution in [3.8, 4) is 5.75 Å². The lowest BCUT2D eigenvalue weighted by Gasteiger charge is -2.25. The smallest absolute Gasteiger partial charge is 0.165 e. The van der Waals surface area contributed by atoms with E-state index in [1.807, 2.05) is 13.8 Å². The molecule has 1 unspecified atom stereocenters. The molecule has 0 heterocycles. The van der Waals surface area contributed by atoms with Crippen molar-refractivity contribution in [2.75, 3.05) is 20.3 Å². The van der Waals surface area contributed by atoms with Gasteiger partial charge in [-0.15, -0.1) is 0 Å². The zero-order chi connectivity index (χ0) is 12.2. The topological polar surface area (TPSA) is 44.5 Å². The van der Waals surface area contributed by atoms with Crippen molar-refractivity contribution in [3.63, 3.8) is 0 Å². The maximum atomic E-state index is 13.5. The quantitative estimate of drug-likeness (QED) is 0.837. The summed E-state index contributed by atoms with van der Waals surface area (Å²) in [4.78, 5) is 0. The second kappa shape index (κ2) is 5.27. The first-order valence-electron chi connectivity index (χ1n) is 5.22. The predicted molar refractivity (Wildman–Crippen MR) is 61.0 cm³/mol. The fraction of sp³-hybridized carbons (Fsp3) is 0.500. The van der Waals surface area contributed by atoms with Crippen LogP contribution in [-0.4, -0.2) is 20.3 Å². The average molecular weight is 227 g/mol. The Morgan fingerprint density at radius 3 is 2.62 bits per heavy atom. The highest BCUT2D eigenvalue weighted by atomic mass is 19.1. The van der Waals surface area contributed by atoms with Crippen molar-refractivity contribution in [2.24, 2.45) is 5.73 Å². The third-order valence-corrected chi connectivity index (χ3v) is 2.42. The molecule has 0 aliphatic rings. The van der Waals surface area contributed by atoms with Gasteiger partial charge >= 0.3 is 0 Å². The fourth-order valence-electron chi connectivity index (χ4n) is 1.42. The maximum Gasteiger partial charge on any atom is 0.165 e. The lowest BCUT2D eigenvalue weighted by Crippen LogP contribution is -2.38. The molecule has 3 nitrogen and oxygen atoms in total. The van der Waals surface area contributed by atoms with Gasteiger partial charge in [0.1, 0.15) is 0 Å². The van der Waals surface area contributed by atoms with Crippen LogP contribution in [0.3, 0.4) is 0 Å². The Balaban J connectivity index is 2.91. The first-order chi connectivity index (χ1) is 7.51. The molecular formula is C12H18FNO2. The molecule has 0 spiro atoms. The summed E-state index contributed by atoms with van der Waals surface area (Å²) in [6, 6.07) is 4.71. The Hall–Kier alpha value is -1.13. The molecule has 2 N–H and O–H groups in total.